The van der Waals surface area contributed by atoms with Crippen molar-refractivity contribution in [3.63, 3.8) is 0 Å². The molecule has 1 aromatic carbocycles. The van der Waals surface area contributed by atoms with Crippen LogP contribution in [-0.4, -0.2) is 5.54 Å². The third-order valence-electron chi connectivity index (χ3n) is 5.20. The zero-order valence-electron chi connectivity index (χ0n) is 16.3. The number of hydrogen-bond donors (Lipinski definition) is 1. The summed E-state index contributed by atoms with van der Waals surface area (Å²) in [5.41, 5.74) is 7.70. The summed E-state index contributed by atoms with van der Waals surface area (Å²) in [6.45, 7) is 10.7. The van der Waals surface area contributed by atoms with Gasteiger partial charge in [0, 0.05) is 11.5 Å². The molecule has 24 heavy (non-hydrogen) atoms. The van der Waals surface area contributed by atoms with Crippen LogP contribution in [-0.2, 0) is 0 Å². The molecule has 0 aliphatic rings. The molecule has 0 aromatic heterocycles. The minimum atomic E-state index is -0.185. The first-order valence-electron chi connectivity index (χ1n) is 9.97. The van der Waals surface area contributed by atoms with Crippen LogP contribution in [0.4, 0.5) is 0 Å². The zero-order valence-corrected chi connectivity index (χ0v) is 16.3. The Bertz CT molecular complexity index is 429. The SMILES string of the molecule is C=CC(c1ccccc1)C(CCCCCCCCCC)C(C)(C)N. The lowest BCUT2D eigenvalue weighted by Gasteiger charge is -2.36. The van der Waals surface area contributed by atoms with Crippen molar-refractivity contribution in [2.45, 2.75) is 90.0 Å². The Kier molecular flexibility index (Phi) is 10.0. The van der Waals surface area contributed by atoms with Crippen molar-refractivity contribution >= 4 is 0 Å². The predicted molar refractivity (Wildman–Crippen MR) is 108 cm³/mol. The summed E-state index contributed by atoms with van der Waals surface area (Å²) in [6.07, 6.45) is 14.2. The summed E-state index contributed by atoms with van der Waals surface area (Å²) < 4.78 is 0. The second-order valence-corrected chi connectivity index (χ2v) is 7.86. The summed E-state index contributed by atoms with van der Waals surface area (Å²) in [4.78, 5) is 0. The molecular weight excluding hydrogens is 290 g/mol. The monoisotopic (exact) mass is 329 g/mol. The van der Waals surface area contributed by atoms with Gasteiger partial charge in [-0.15, -0.1) is 6.58 Å². The molecule has 0 aliphatic heterocycles. The highest BCUT2D eigenvalue weighted by Gasteiger charge is 2.31. The molecule has 2 unspecified atom stereocenters. The highest BCUT2D eigenvalue weighted by atomic mass is 14.7. The van der Waals surface area contributed by atoms with Gasteiger partial charge in [-0.05, 0) is 31.7 Å². The van der Waals surface area contributed by atoms with Gasteiger partial charge in [0.2, 0.25) is 0 Å². The normalized spacial score (nSPS) is 14.3. The Morgan fingerprint density at radius 1 is 0.958 bits per heavy atom. The lowest BCUT2D eigenvalue weighted by Crippen LogP contribution is -2.43. The third kappa shape index (κ3) is 7.66. The first-order chi connectivity index (χ1) is 11.5. The summed E-state index contributed by atoms with van der Waals surface area (Å²) in [6, 6.07) is 10.7. The number of nitrogens with two attached hydrogens (primary N) is 1. The average molecular weight is 330 g/mol. The second kappa shape index (κ2) is 11.5. The number of unbranched alkanes of at least 4 members (excludes halogenated alkanes) is 7. The Morgan fingerprint density at radius 3 is 2.00 bits per heavy atom. The highest BCUT2D eigenvalue weighted by Crippen LogP contribution is 2.36. The summed E-state index contributed by atoms with van der Waals surface area (Å²) in [5, 5.41) is 0. The van der Waals surface area contributed by atoms with Gasteiger partial charge in [-0.25, -0.2) is 0 Å². The van der Waals surface area contributed by atoms with Gasteiger partial charge in [-0.2, -0.15) is 0 Å². The van der Waals surface area contributed by atoms with Gasteiger partial charge >= 0.3 is 0 Å². The van der Waals surface area contributed by atoms with Crippen molar-refractivity contribution in [2.24, 2.45) is 11.7 Å². The van der Waals surface area contributed by atoms with Crippen LogP contribution in [0.3, 0.4) is 0 Å². The lowest BCUT2D eigenvalue weighted by atomic mass is 9.72. The van der Waals surface area contributed by atoms with Crippen LogP contribution in [0, 0.1) is 5.92 Å². The first-order valence-corrected chi connectivity index (χ1v) is 9.97. The fourth-order valence-electron chi connectivity index (χ4n) is 3.72. The largest absolute Gasteiger partial charge is 0.325 e. The van der Waals surface area contributed by atoms with Crippen molar-refractivity contribution in [1.82, 2.24) is 0 Å². The molecule has 1 heteroatoms. The van der Waals surface area contributed by atoms with Crippen LogP contribution in [0.2, 0.25) is 0 Å². The maximum absolute atomic E-state index is 6.54. The summed E-state index contributed by atoms with van der Waals surface area (Å²) in [7, 11) is 0. The number of benzene rings is 1. The number of rotatable bonds is 13. The Balaban J connectivity index is 2.50. The van der Waals surface area contributed by atoms with Gasteiger partial charge in [0.15, 0.2) is 0 Å². The topological polar surface area (TPSA) is 26.0 Å². The zero-order chi connectivity index (χ0) is 17.8. The molecule has 0 saturated heterocycles. The molecule has 0 heterocycles. The minimum Gasteiger partial charge on any atom is -0.325 e. The molecule has 2 N–H and O–H groups in total. The minimum absolute atomic E-state index is 0.185. The second-order valence-electron chi connectivity index (χ2n) is 7.86. The van der Waals surface area contributed by atoms with Gasteiger partial charge in [0.05, 0.1) is 0 Å². The molecular formula is C23H39N. The summed E-state index contributed by atoms with van der Waals surface area (Å²) >= 11 is 0. The summed E-state index contributed by atoms with van der Waals surface area (Å²) in [5.74, 6) is 0.785. The van der Waals surface area contributed by atoms with E-state index in [-0.39, 0.29) is 5.54 Å². The van der Waals surface area contributed by atoms with Crippen LogP contribution in [0.15, 0.2) is 43.0 Å². The fourth-order valence-corrected chi connectivity index (χ4v) is 3.72. The molecule has 0 saturated carbocycles. The van der Waals surface area contributed by atoms with E-state index >= 15 is 0 Å². The van der Waals surface area contributed by atoms with E-state index in [1.165, 1.54) is 63.4 Å². The van der Waals surface area contributed by atoms with Crippen LogP contribution in [0.1, 0.15) is 90.0 Å². The first kappa shape index (κ1) is 21.0. The standard InChI is InChI=1S/C23H39N/c1-5-7-8-9-10-11-12-16-19-22(23(3,4)24)21(6-2)20-17-14-13-15-18-20/h6,13-15,17-18,21-22H,2,5,7-12,16,19,24H2,1,3-4H3. The number of hydrogen-bond acceptors (Lipinski definition) is 1. The highest BCUT2D eigenvalue weighted by molar-refractivity contribution is 5.25. The van der Waals surface area contributed by atoms with E-state index in [0.717, 1.165) is 0 Å². The molecule has 1 rings (SSSR count). The van der Waals surface area contributed by atoms with Gasteiger partial charge in [0.25, 0.3) is 0 Å². The van der Waals surface area contributed by atoms with Crippen molar-refractivity contribution in [3.05, 3.63) is 48.6 Å². The van der Waals surface area contributed by atoms with Gasteiger partial charge in [0.1, 0.15) is 0 Å². The Hall–Kier alpha value is -1.08. The van der Waals surface area contributed by atoms with Crippen molar-refractivity contribution < 1.29 is 0 Å². The van der Waals surface area contributed by atoms with Gasteiger partial charge in [-0.3, -0.25) is 0 Å². The van der Waals surface area contributed by atoms with E-state index in [1.54, 1.807) is 0 Å². The van der Waals surface area contributed by atoms with Crippen molar-refractivity contribution in [2.75, 3.05) is 0 Å². The van der Waals surface area contributed by atoms with E-state index in [0.29, 0.717) is 11.8 Å². The van der Waals surface area contributed by atoms with Crippen LogP contribution in [0.5, 0.6) is 0 Å². The predicted octanol–water partition coefficient (Wildman–Crippen LogP) is 6.84. The van der Waals surface area contributed by atoms with E-state index in [2.05, 4.69) is 63.8 Å². The van der Waals surface area contributed by atoms with Crippen molar-refractivity contribution in [1.29, 1.82) is 0 Å². The van der Waals surface area contributed by atoms with E-state index in [4.69, 9.17) is 5.73 Å². The number of allylic oxidation sites excluding steroid dienone is 1. The lowest BCUT2D eigenvalue weighted by molar-refractivity contribution is 0.268. The smallest absolute Gasteiger partial charge is 0.0134 e. The Morgan fingerprint density at radius 2 is 1.50 bits per heavy atom. The molecule has 1 aromatic rings. The van der Waals surface area contributed by atoms with Crippen LogP contribution in [0.25, 0.3) is 0 Å². The molecule has 0 bridgehead atoms. The molecule has 136 valence electrons. The molecule has 0 amide bonds. The van der Waals surface area contributed by atoms with Crippen molar-refractivity contribution in [3.8, 4) is 0 Å². The van der Waals surface area contributed by atoms with E-state index in [1.807, 2.05) is 0 Å². The van der Waals surface area contributed by atoms with Crippen LogP contribution >= 0.6 is 0 Å². The quantitative estimate of drug-likeness (QED) is 0.311. The maximum atomic E-state index is 6.54. The maximum Gasteiger partial charge on any atom is 0.0134 e. The molecule has 2 atom stereocenters. The molecule has 1 nitrogen and oxygen atoms in total. The van der Waals surface area contributed by atoms with E-state index in [9.17, 15) is 0 Å². The third-order valence-corrected chi connectivity index (χ3v) is 5.20. The van der Waals surface area contributed by atoms with Gasteiger partial charge in [-0.1, -0.05) is 94.7 Å². The molecule has 0 spiro atoms. The van der Waals surface area contributed by atoms with Gasteiger partial charge < -0.3 is 5.73 Å². The fraction of sp³-hybridized carbons (Fsp3) is 0.652. The molecule has 0 fully saturated rings. The Labute approximate surface area is 150 Å². The molecule has 0 aliphatic carbocycles. The van der Waals surface area contributed by atoms with Crippen LogP contribution < -0.4 is 5.73 Å². The van der Waals surface area contributed by atoms with E-state index < -0.39 is 0 Å². The average Bonchev–Trinajstić information content (AvgIpc) is 2.56. The molecule has 0 radical (unpaired) electrons.